The lowest BCUT2D eigenvalue weighted by Crippen LogP contribution is -2.30. The molecule has 86 valence electrons. The fourth-order valence-electron chi connectivity index (χ4n) is 2.03. The van der Waals surface area contributed by atoms with Crippen LogP contribution >= 0.6 is 0 Å². The molecule has 2 aliphatic rings. The van der Waals surface area contributed by atoms with E-state index in [0.29, 0.717) is 12.7 Å². The number of hydrogen-bond acceptors (Lipinski definition) is 4. The van der Waals surface area contributed by atoms with E-state index < -0.39 is 6.04 Å². The Balaban J connectivity index is 0.000000531. The first kappa shape index (κ1) is 12.1. The van der Waals surface area contributed by atoms with Gasteiger partial charge in [-0.25, -0.2) is 0 Å². The first-order chi connectivity index (χ1) is 7.15. The number of nitrogens with two attached hydrogens (primary N) is 2. The summed E-state index contributed by atoms with van der Waals surface area (Å²) in [6, 6.07) is -0.482. The third-order valence-electron chi connectivity index (χ3n) is 2.98. The van der Waals surface area contributed by atoms with E-state index in [2.05, 4.69) is 11.1 Å². The standard InChI is InChI=1S/C9H14N2O2.CH5N/c10-7(5-12)3-6-4-9(1-2-9)11-8(6)13;1-2/h5-7H,1-4,10H2,(H,11,13);2H2,1H3. The molecule has 0 aromatic heterocycles. The quantitative estimate of drug-likeness (QED) is 0.532. The van der Waals surface area contributed by atoms with Crippen molar-refractivity contribution in [2.75, 3.05) is 7.05 Å². The number of aldehydes is 1. The van der Waals surface area contributed by atoms with Gasteiger partial charge in [-0.1, -0.05) is 0 Å². The average molecular weight is 213 g/mol. The SMILES string of the molecule is CN.NC(C=O)CC1CC2(CC2)NC1=O. The summed E-state index contributed by atoms with van der Waals surface area (Å²) in [4.78, 5) is 21.7. The van der Waals surface area contributed by atoms with Crippen molar-refractivity contribution in [2.45, 2.75) is 37.3 Å². The van der Waals surface area contributed by atoms with Crippen molar-refractivity contribution in [1.29, 1.82) is 0 Å². The highest BCUT2D eigenvalue weighted by atomic mass is 16.2. The Bertz CT molecular complexity index is 251. The number of nitrogens with one attached hydrogen (secondary N) is 1. The minimum absolute atomic E-state index is 0.0392. The molecule has 2 rings (SSSR count). The zero-order chi connectivity index (χ0) is 11.5. The number of amides is 1. The second-order valence-electron chi connectivity index (χ2n) is 4.21. The Morgan fingerprint density at radius 1 is 1.60 bits per heavy atom. The minimum atomic E-state index is -0.482. The molecule has 0 aromatic rings. The summed E-state index contributed by atoms with van der Waals surface area (Å²) >= 11 is 0. The molecular weight excluding hydrogens is 194 g/mol. The van der Waals surface area contributed by atoms with Crippen molar-refractivity contribution >= 4 is 12.2 Å². The van der Waals surface area contributed by atoms with Crippen LogP contribution in [-0.2, 0) is 9.59 Å². The highest BCUT2D eigenvalue weighted by Crippen LogP contribution is 2.45. The molecule has 0 aromatic carbocycles. The third-order valence-corrected chi connectivity index (χ3v) is 2.98. The van der Waals surface area contributed by atoms with Crippen molar-refractivity contribution in [3.63, 3.8) is 0 Å². The summed E-state index contributed by atoms with van der Waals surface area (Å²) in [5.41, 5.74) is 10.1. The van der Waals surface area contributed by atoms with E-state index in [-0.39, 0.29) is 17.4 Å². The Morgan fingerprint density at radius 2 is 2.20 bits per heavy atom. The maximum absolute atomic E-state index is 11.4. The molecule has 0 radical (unpaired) electrons. The normalized spacial score (nSPS) is 27.7. The zero-order valence-corrected chi connectivity index (χ0v) is 9.03. The Hall–Kier alpha value is -0.940. The molecule has 2 atom stereocenters. The Kier molecular flexibility index (Phi) is 3.82. The fourth-order valence-corrected chi connectivity index (χ4v) is 2.03. The Labute approximate surface area is 89.6 Å². The van der Waals surface area contributed by atoms with Crippen LogP contribution in [0.25, 0.3) is 0 Å². The van der Waals surface area contributed by atoms with Crippen LogP contribution in [0.3, 0.4) is 0 Å². The second-order valence-corrected chi connectivity index (χ2v) is 4.21. The van der Waals surface area contributed by atoms with Crippen molar-refractivity contribution in [1.82, 2.24) is 5.32 Å². The van der Waals surface area contributed by atoms with Crippen LogP contribution in [0.4, 0.5) is 0 Å². The zero-order valence-electron chi connectivity index (χ0n) is 9.03. The highest BCUT2D eigenvalue weighted by Gasteiger charge is 2.52. The summed E-state index contributed by atoms with van der Waals surface area (Å²) in [6.45, 7) is 0. The molecule has 1 aliphatic heterocycles. The molecule has 1 saturated carbocycles. The molecule has 1 saturated heterocycles. The van der Waals surface area contributed by atoms with Crippen LogP contribution in [-0.4, -0.2) is 30.8 Å². The number of carbonyl (C=O) groups excluding carboxylic acids is 2. The highest BCUT2D eigenvalue weighted by molar-refractivity contribution is 5.83. The summed E-state index contributed by atoms with van der Waals surface area (Å²) in [7, 11) is 1.50. The van der Waals surface area contributed by atoms with E-state index in [4.69, 9.17) is 5.73 Å². The van der Waals surface area contributed by atoms with Gasteiger partial charge in [0.25, 0.3) is 0 Å². The van der Waals surface area contributed by atoms with Crippen LogP contribution < -0.4 is 16.8 Å². The molecule has 5 heteroatoms. The van der Waals surface area contributed by atoms with Crippen LogP contribution in [0.1, 0.15) is 25.7 Å². The van der Waals surface area contributed by atoms with E-state index in [0.717, 1.165) is 19.3 Å². The maximum atomic E-state index is 11.4. The molecule has 15 heavy (non-hydrogen) atoms. The van der Waals surface area contributed by atoms with E-state index in [1.165, 1.54) is 7.05 Å². The van der Waals surface area contributed by atoms with E-state index in [1.807, 2.05) is 0 Å². The van der Waals surface area contributed by atoms with E-state index >= 15 is 0 Å². The van der Waals surface area contributed by atoms with Crippen molar-refractivity contribution in [2.24, 2.45) is 17.4 Å². The van der Waals surface area contributed by atoms with Crippen molar-refractivity contribution in [3.05, 3.63) is 0 Å². The third kappa shape index (κ3) is 2.76. The largest absolute Gasteiger partial charge is 0.350 e. The first-order valence-corrected chi connectivity index (χ1v) is 5.26. The molecule has 1 heterocycles. The van der Waals surface area contributed by atoms with E-state index in [9.17, 15) is 9.59 Å². The molecular formula is C10H19N3O2. The average Bonchev–Trinajstić information content (AvgIpc) is 2.91. The van der Waals surface area contributed by atoms with Crippen LogP contribution in [0, 0.1) is 5.92 Å². The molecule has 2 unspecified atom stereocenters. The lowest BCUT2D eigenvalue weighted by atomic mass is 9.96. The monoisotopic (exact) mass is 213 g/mol. The lowest BCUT2D eigenvalue weighted by molar-refractivity contribution is -0.123. The summed E-state index contributed by atoms with van der Waals surface area (Å²) in [5, 5.41) is 2.97. The number of rotatable bonds is 3. The molecule has 2 fully saturated rings. The van der Waals surface area contributed by atoms with Gasteiger partial charge in [0.15, 0.2) is 0 Å². The Morgan fingerprint density at radius 3 is 2.60 bits per heavy atom. The van der Waals surface area contributed by atoms with E-state index in [1.54, 1.807) is 0 Å². The summed E-state index contributed by atoms with van der Waals surface area (Å²) < 4.78 is 0. The molecule has 1 amide bonds. The van der Waals surface area contributed by atoms with Crippen molar-refractivity contribution < 1.29 is 9.59 Å². The van der Waals surface area contributed by atoms with Gasteiger partial charge < -0.3 is 21.6 Å². The first-order valence-electron chi connectivity index (χ1n) is 5.26. The van der Waals surface area contributed by atoms with Gasteiger partial charge in [0.1, 0.15) is 6.29 Å². The van der Waals surface area contributed by atoms with Gasteiger partial charge in [0, 0.05) is 11.5 Å². The van der Waals surface area contributed by atoms with Gasteiger partial charge in [0.2, 0.25) is 5.91 Å². The van der Waals surface area contributed by atoms with Crippen LogP contribution in [0.15, 0.2) is 0 Å². The summed E-state index contributed by atoms with van der Waals surface area (Å²) in [5.74, 6) is 0.0394. The molecule has 5 nitrogen and oxygen atoms in total. The van der Waals surface area contributed by atoms with Gasteiger partial charge in [0.05, 0.1) is 6.04 Å². The molecule has 5 N–H and O–H groups in total. The van der Waals surface area contributed by atoms with Gasteiger partial charge >= 0.3 is 0 Å². The predicted octanol–water partition coefficient (Wildman–Crippen LogP) is -0.854. The molecule has 0 bridgehead atoms. The van der Waals surface area contributed by atoms with Gasteiger partial charge in [-0.3, -0.25) is 4.79 Å². The van der Waals surface area contributed by atoms with Crippen LogP contribution in [0.2, 0.25) is 0 Å². The van der Waals surface area contributed by atoms with Gasteiger partial charge in [-0.15, -0.1) is 0 Å². The number of hydrogen-bond donors (Lipinski definition) is 3. The van der Waals surface area contributed by atoms with Crippen molar-refractivity contribution in [3.8, 4) is 0 Å². The van der Waals surface area contributed by atoms with Gasteiger partial charge in [-0.2, -0.15) is 0 Å². The topological polar surface area (TPSA) is 98.2 Å². The fraction of sp³-hybridized carbons (Fsp3) is 0.800. The van der Waals surface area contributed by atoms with Crippen LogP contribution in [0.5, 0.6) is 0 Å². The summed E-state index contributed by atoms with van der Waals surface area (Å²) in [6.07, 6.45) is 4.26. The lowest BCUT2D eigenvalue weighted by Gasteiger charge is -2.08. The number of carbonyl (C=O) groups is 2. The smallest absolute Gasteiger partial charge is 0.223 e. The maximum Gasteiger partial charge on any atom is 0.223 e. The second kappa shape index (κ2) is 4.72. The minimum Gasteiger partial charge on any atom is -0.350 e. The van der Waals surface area contributed by atoms with Gasteiger partial charge in [-0.05, 0) is 32.7 Å². The molecule has 1 spiro atoms. The molecule has 1 aliphatic carbocycles. The predicted molar refractivity (Wildman–Crippen MR) is 57.0 cm³/mol.